The fourth-order valence-corrected chi connectivity index (χ4v) is 4.69. The van der Waals surface area contributed by atoms with Gasteiger partial charge in [0.1, 0.15) is 16.9 Å². The van der Waals surface area contributed by atoms with E-state index >= 15 is 0 Å². The molecule has 1 atom stereocenters. The number of fused-ring (bicyclic) bond motifs is 2. The number of nitrogens with one attached hydrogen (secondary N) is 1. The molecular weight excluding hydrogens is 414 g/mol. The molecule has 4 aromatic rings. The molecule has 6 heteroatoms. The summed E-state index contributed by atoms with van der Waals surface area (Å²) in [5, 5.41) is 6.12. The number of furan rings is 1. The zero-order chi connectivity index (χ0) is 23.2. The van der Waals surface area contributed by atoms with Crippen molar-refractivity contribution in [3.8, 4) is 0 Å². The van der Waals surface area contributed by atoms with Gasteiger partial charge in [0.25, 0.3) is 5.91 Å². The number of rotatable bonds is 6. The molecule has 33 heavy (non-hydrogen) atoms. The SMILES string of the molecule is CCc1oc2ccccc2c1CN(C)CN1C(=O)N[C@](C)(c2ccc3ccccc3c2)C1=O. The predicted molar refractivity (Wildman–Crippen MR) is 129 cm³/mol. The highest BCUT2D eigenvalue weighted by Gasteiger charge is 2.49. The van der Waals surface area contributed by atoms with Crippen molar-refractivity contribution >= 4 is 33.7 Å². The van der Waals surface area contributed by atoms with Crippen LogP contribution in [0.1, 0.15) is 30.7 Å². The van der Waals surface area contributed by atoms with Gasteiger partial charge in [0.15, 0.2) is 0 Å². The largest absolute Gasteiger partial charge is 0.461 e. The lowest BCUT2D eigenvalue weighted by molar-refractivity contribution is -0.132. The van der Waals surface area contributed by atoms with E-state index < -0.39 is 5.54 Å². The number of nitrogens with zero attached hydrogens (tertiary/aromatic N) is 2. The number of para-hydroxylation sites is 1. The molecule has 0 unspecified atom stereocenters. The van der Waals surface area contributed by atoms with E-state index in [0.717, 1.165) is 45.0 Å². The second-order valence-corrected chi connectivity index (χ2v) is 8.86. The topological polar surface area (TPSA) is 65.8 Å². The monoisotopic (exact) mass is 441 g/mol. The average Bonchev–Trinajstić information content (AvgIpc) is 3.28. The van der Waals surface area contributed by atoms with Crippen LogP contribution in [-0.2, 0) is 23.3 Å². The summed E-state index contributed by atoms with van der Waals surface area (Å²) in [5.74, 6) is 0.684. The van der Waals surface area contributed by atoms with Crippen LogP contribution in [0.2, 0.25) is 0 Å². The Morgan fingerprint density at radius 1 is 1.00 bits per heavy atom. The molecule has 0 saturated carbocycles. The lowest BCUT2D eigenvalue weighted by atomic mass is 9.90. The molecule has 5 rings (SSSR count). The number of urea groups is 1. The molecule has 0 aliphatic carbocycles. The third kappa shape index (κ3) is 3.56. The number of carbonyl (C=O) groups is 2. The van der Waals surface area contributed by atoms with Crippen molar-refractivity contribution in [1.82, 2.24) is 15.1 Å². The molecular formula is C27H27N3O3. The molecule has 0 bridgehead atoms. The van der Waals surface area contributed by atoms with Crippen molar-refractivity contribution in [1.29, 1.82) is 0 Å². The van der Waals surface area contributed by atoms with Crippen molar-refractivity contribution in [2.75, 3.05) is 13.7 Å². The number of hydrogen-bond donors (Lipinski definition) is 1. The first kappa shape index (κ1) is 21.2. The van der Waals surface area contributed by atoms with Gasteiger partial charge in [-0.15, -0.1) is 0 Å². The first-order valence-electron chi connectivity index (χ1n) is 11.2. The zero-order valence-corrected chi connectivity index (χ0v) is 19.1. The van der Waals surface area contributed by atoms with Gasteiger partial charge in [-0.3, -0.25) is 9.69 Å². The molecule has 3 aromatic carbocycles. The van der Waals surface area contributed by atoms with Crippen LogP contribution in [0.5, 0.6) is 0 Å². The fourth-order valence-electron chi connectivity index (χ4n) is 4.69. The summed E-state index contributed by atoms with van der Waals surface area (Å²) < 4.78 is 6.00. The third-order valence-corrected chi connectivity index (χ3v) is 6.52. The molecule has 6 nitrogen and oxygen atoms in total. The minimum atomic E-state index is -1.10. The van der Waals surface area contributed by atoms with E-state index in [1.807, 2.05) is 78.7 Å². The Hall–Kier alpha value is -3.64. The lowest BCUT2D eigenvalue weighted by Gasteiger charge is -2.25. The van der Waals surface area contributed by atoms with Gasteiger partial charge in [-0.2, -0.15) is 0 Å². The average molecular weight is 442 g/mol. The van der Waals surface area contributed by atoms with Crippen molar-refractivity contribution < 1.29 is 14.0 Å². The Kier molecular flexibility index (Phi) is 5.17. The highest BCUT2D eigenvalue weighted by Crippen LogP contribution is 2.32. The molecule has 168 valence electrons. The van der Waals surface area contributed by atoms with Gasteiger partial charge in [0.05, 0.1) is 6.67 Å². The number of benzene rings is 3. The van der Waals surface area contributed by atoms with Gasteiger partial charge in [-0.05, 0) is 42.4 Å². The van der Waals surface area contributed by atoms with Gasteiger partial charge in [-0.1, -0.05) is 61.5 Å². The summed E-state index contributed by atoms with van der Waals surface area (Å²) in [6.45, 7) is 4.60. The Morgan fingerprint density at radius 3 is 2.52 bits per heavy atom. The Morgan fingerprint density at radius 2 is 1.73 bits per heavy atom. The first-order chi connectivity index (χ1) is 15.9. The maximum Gasteiger partial charge on any atom is 0.326 e. The van der Waals surface area contributed by atoms with Crippen LogP contribution < -0.4 is 5.32 Å². The molecule has 1 aliphatic heterocycles. The molecule has 0 spiro atoms. The van der Waals surface area contributed by atoms with E-state index in [-0.39, 0.29) is 18.6 Å². The fraction of sp³-hybridized carbons (Fsp3) is 0.259. The molecule has 1 aliphatic rings. The van der Waals surface area contributed by atoms with Crippen LogP contribution in [0.25, 0.3) is 21.7 Å². The molecule has 2 heterocycles. The third-order valence-electron chi connectivity index (χ3n) is 6.52. The summed E-state index contributed by atoms with van der Waals surface area (Å²) >= 11 is 0. The number of hydrogen-bond acceptors (Lipinski definition) is 4. The van der Waals surface area contributed by atoms with Crippen LogP contribution in [0.15, 0.2) is 71.1 Å². The summed E-state index contributed by atoms with van der Waals surface area (Å²) in [6, 6.07) is 21.5. The Balaban J connectivity index is 1.38. The first-order valence-corrected chi connectivity index (χ1v) is 11.2. The normalized spacial score (nSPS) is 18.6. The molecule has 1 aromatic heterocycles. The lowest BCUT2D eigenvalue weighted by Crippen LogP contribution is -2.42. The van der Waals surface area contributed by atoms with E-state index in [0.29, 0.717) is 6.54 Å². The van der Waals surface area contributed by atoms with Crippen LogP contribution in [0.4, 0.5) is 4.79 Å². The smallest absolute Gasteiger partial charge is 0.326 e. The second kappa shape index (κ2) is 8.05. The van der Waals surface area contributed by atoms with Gasteiger partial charge >= 0.3 is 6.03 Å². The predicted octanol–water partition coefficient (Wildman–Crippen LogP) is 5.00. The van der Waals surface area contributed by atoms with Crippen molar-refractivity contribution in [3.05, 3.63) is 83.6 Å². The number of imide groups is 1. The summed E-state index contributed by atoms with van der Waals surface area (Å²) in [4.78, 5) is 29.6. The standard InChI is InChI=1S/C27H27N3O3/c1-4-23-22(21-11-7-8-12-24(21)33-23)16-29(3)17-30-25(31)27(2,28-26(30)32)20-14-13-18-9-5-6-10-19(18)15-20/h5-15H,4,16-17H2,1-3H3,(H,28,32)/t27-/m1/s1. The van der Waals surface area contributed by atoms with Crippen molar-refractivity contribution in [2.24, 2.45) is 0 Å². The summed E-state index contributed by atoms with van der Waals surface area (Å²) in [5.41, 5.74) is 1.63. The van der Waals surface area contributed by atoms with E-state index in [4.69, 9.17) is 4.42 Å². The number of amides is 3. The summed E-state index contributed by atoms with van der Waals surface area (Å²) in [7, 11) is 1.91. The summed E-state index contributed by atoms with van der Waals surface area (Å²) in [6.07, 6.45) is 0.779. The zero-order valence-electron chi connectivity index (χ0n) is 19.1. The molecule has 0 radical (unpaired) electrons. The Bertz CT molecular complexity index is 1380. The van der Waals surface area contributed by atoms with Crippen LogP contribution in [0, 0.1) is 0 Å². The Labute approximate surface area is 192 Å². The van der Waals surface area contributed by atoms with Gasteiger partial charge in [-0.25, -0.2) is 9.69 Å². The maximum atomic E-state index is 13.4. The highest BCUT2D eigenvalue weighted by atomic mass is 16.3. The molecule has 1 N–H and O–H groups in total. The minimum absolute atomic E-state index is 0.191. The molecule has 1 fully saturated rings. The van der Waals surface area contributed by atoms with Gasteiger partial charge in [0.2, 0.25) is 0 Å². The van der Waals surface area contributed by atoms with E-state index in [1.54, 1.807) is 6.92 Å². The van der Waals surface area contributed by atoms with Crippen LogP contribution >= 0.6 is 0 Å². The van der Waals surface area contributed by atoms with Crippen molar-refractivity contribution in [2.45, 2.75) is 32.4 Å². The van der Waals surface area contributed by atoms with E-state index in [2.05, 4.69) is 12.2 Å². The quantitative estimate of drug-likeness (QED) is 0.428. The highest BCUT2D eigenvalue weighted by molar-refractivity contribution is 6.07. The number of aryl methyl sites for hydroxylation is 1. The van der Waals surface area contributed by atoms with Crippen LogP contribution in [-0.4, -0.2) is 35.5 Å². The van der Waals surface area contributed by atoms with Gasteiger partial charge < -0.3 is 9.73 Å². The van der Waals surface area contributed by atoms with E-state index in [9.17, 15) is 9.59 Å². The van der Waals surface area contributed by atoms with Crippen LogP contribution in [0.3, 0.4) is 0 Å². The minimum Gasteiger partial charge on any atom is -0.461 e. The van der Waals surface area contributed by atoms with E-state index in [1.165, 1.54) is 4.90 Å². The number of carbonyl (C=O) groups excluding carboxylic acids is 2. The van der Waals surface area contributed by atoms with Crippen molar-refractivity contribution in [3.63, 3.8) is 0 Å². The molecule has 1 saturated heterocycles. The van der Waals surface area contributed by atoms with Gasteiger partial charge in [0, 0.05) is 23.9 Å². The second-order valence-electron chi connectivity index (χ2n) is 8.86. The molecule has 3 amide bonds. The maximum absolute atomic E-state index is 13.4.